The summed E-state index contributed by atoms with van der Waals surface area (Å²) in [6.45, 7) is -0.320. The first-order valence-corrected chi connectivity index (χ1v) is 7.09. The largest absolute Gasteiger partial charge is 0.478 e. The molecular formula is C9H12N2O5S2. The van der Waals surface area contributed by atoms with Crippen LogP contribution in [0.4, 0.5) is 0 Å². The van der Waals surface area contributed by atoms with Crippen molar-refractivity contribution in [2.75, 3.05) is 20.6 Å². The van der Waals surface area contributed by atoms with Crippen LogP contribution in [0.3, 0.4) is 0 Å². The molecule has 0 aliphatic heterocycles. The van der Waals surface area contributed by atoms with E-state index in [4.69, 9.17) is 5.11 Å². The molecule has 1 rings (SSSR count). The van der Waals surface area contributed by atoms with E-state index in [0.717, 1.165) is 21.7 Å². The van der Waals surface area contributed by atoms with Gasteiger partial charge in [-0.15, -0.1) is 11.3 Å². The second-order valence-corrected chi connectivity index (χ2v) is 6.58. The SMILES string of the molecule is CNC(=O)CN(C)S(=O)(=O)c1cc(C(=O)O)cs1. The second-order valence-electron chi connectivity index (χ2n) is 3.39. The first-order chi connectivity index (χ1) is 8.28. The number of carboxylic acids is 1. The molecule has 0 unspecified atom stereocenters. The third kappa shape index (κ3) is 3.06. The highest BCUT2D eigenvalue weighted by atomic mass is 32.2. The average Bonchev–Trinajstić information content (AvgIpc) is 2.78. The van der Waals surface area contributed by atoms with Gasteiger partial charge in [-0.1, -0.05) is 0 Å². The summed E-state index contributed by atoms with van der Waals surface area (Å²) in [5.74, 6) is -1.64. The van der Waals surface area contributed by atoms with Crippen molar-refractivity contribution in [3.05, 3.63) is 17.0 Å². The van der Waals surface area contributed by atoms with Crippen LogP contribution in [-0.4, -0.2) is 50.3 Å². The summed E-state index contributed by atoms with van der Waals surface area (Å²) < 4.78 is 24.7. The fourth-order valence-corrected chi connectivity index (χ4v) is 3.57. The summed E-state index contributed by atoms with van der Waals surface area (Å²) in [5.41, 5.74) is -0.0908. The Morgan fingerprint density at radius 3 is 2.56 bits per heavy atom. The number of hydrogen-bond donors (Lipinski definition) is 2. The molecule has 1 amide bonds. The van der Waals surface area contributed by atoms with Crippen LogP contribution in [-0.2, 0) is 14.8 Å². The number of likely N-dealkylation sites (N-methyl/N-ethyl adjacent to an activating group) is 2. The van der Waals surface area contributed by atoms with Gasteiger partial charge in [0.2, 0.25) is 5.91 Å². The van der Waals surface area contributed by atoms with E-state index in [0.29, 0.717) is 0 Å². The van der Waals surface area contributed by atoms with Gasteiger partial charge in [-0.2, -0.15) is 4.31 Å². The molecule has 0 bridgehead atoms. The minimum Gasteiger partial charge on any atom is -0.478 e. The zero-order valence-corrected chi connectivity index (χ0v) is 11.3. The second kappa shape index (κ2) is 5.46. The Balaban J connectivity index is 2.98. The number of nitrogens with one attached hydrogen (secondary N) is 1. The molecule has 0 saturated carbocycles. The lowest BCUT2D eigenvalue weighted by Gasteiger charge is -2.14. The topological polar surface area (TPSA) is 104 Å². The molecule has 0 saturated heterocycles. The molecule has 1 aromatic rings. The first kappa shape index (κ1) is 14.6. The summed E-state index contributed by atoms with van der Waals surface area (Å²) in [7, 11) is -1.18. The number of sulfonamides is 1. The van der Waals surface area contributed by atoms with Crippen molar-refractivity contribution in [1.82, 2.24) is 9.62 Å². The molecule has 7 nitrogen and oxygen atoms in total. The Bertz CT molecular complexity index is 563. The van der Waals surface area contributed by atoms with Crippen molar-refractivity contribution in [3.8, 4) is 0 Å². The van der Waals surface area contributed by atoms with Crippen LogP contribution in [0, 0.1) is 0 Å². The number of carboxylic acid groups (broad SMARTS) is 1. The smallest absolute Gasteiger partial charge is 0.336 e. The Labute approximate surface area is 108 Å². The number of nitrogens with zero attached hydrogens (tertiary/aromatic N) is 1. The van der Waals surface area contributed by atoms with Gasteiger partial charge < -0.3 is 10.4 Å². The normalized spacial score (nSPS) is 11.5. The highest BCUT2D eigenvalue weighted by Crippen LogP contribution is 2.23. The molecule has 0 aromatic carbocycles. The highest BCUT2D eigenvalue weighted by molar-refractivity contribution is 7.91. The van der Waals surface area contributed by atoms with E-state index in [9.17, 15) is 18.0 Å². The van der Waals surface area contributed by atoms with Crippen molar-refractivity contribution in [2.45, 2.75) is 4.21 Å². The van der Waals surface area contributed by atoms with Crippen LogP contribution in [0.15, 0.2) is 15.7 Å². The van der Waals surface area contributed by atoms with E-state index in [-0.39, 0.29) is 16.3 Å². The molecule has 0 aliphatic carbocycles. The molecule has 18 heavy (non-hydrogen) atoms. The van der Waals surface area contributed by atoms with E-state index in [1.807, 2.05) is 0 Å². The van der Waals surface area contributed by atoms with Gasteiger partial charge in [0, 0.05) is 19.5 Å². The minimum absolute atomic E-state index is 0.0908. The van der Waals surface area contributed by atoms with Gasteiger partial charge in [0.25, 0.3) is 10.0 Å². The zero-order valence-electron chi connectivity index (χ0n) is 9.71. The average molecular weight is 292 g/mol. The fraction of sp³-hybridized carbons (Fsp3) is 0.333. The van der Waals surface area contributed by atoms with Gasteiger partial charge in [-0.3, -0.25) is 4.79 Å². The molecule has 9 heteroatoms. The quantitative estimate of drug-likeness (QED) is 0.783. The van der Waals surface area contributed by atoms with Crippen molar-refractivity contribution in [1.29, 1.82) is 0 Å². The number of carbonyl (C=O) groups is 2. The van der Waals surface area contributed by atoms with E-state index in [2.05, 4.69) is 5.32 Å². The summed E-state index contributed by atoms with van der Waals surface area (Å²) in [4.78, 5) is 21.8. The van der Waals surface area contributed by atoms with E-state index in [1.54, 1.807) is 0 Å². The van der Waals surface area contributed by atoms with Gasteiger partial charge in [0.05, 0.1) is 12.1 Å². The molecule has 100 valence electrons. The number of hydrogen-bond acceptors (Lipinski definition) is 5. The maximum atomic E-state index is 12.0. The predicted octanol–water partition coefficient (Wildman–Crippen LogP) is -0.187. The Morgan fingerprint density at radius 2 is 2.11 bits per heavy atom. The lowest BCUT2D eigenvalue weighted by Crippen LogP contribution is -2.36. The van der Waals surface area contributed by atoms with Crippen LogP contribution >= 0.6 is 11.3 Å². The molecule has 0 radical (unpaired) electrons. The van der Waals surface area contributed by atoms with Crippen LogP contribution < -0.4 is 5.32 Å². The van der Waals surface area contributed by atoms with Gasteiger partial charge in [-0.05, 0) is 6.07 Å². The van der Waals surface area contributed by atoms with Crippen LogP contribution in [0.25, 0.3) is 0 Å². The van der Waals surface area contributed by atoms with Gasteiger partial charge in [-0.25, -0.2) is 13.2 Å². The van der Waals surface area contributed by atoms with Crippen LogP contribution in [0.1, 0.15) is 10.4 Å². The number of amides is 1. The van der Waals surface area contributed by atoms with E-state index in [1.165, 1.54) is 19.5 Å². The highest BCUT2D eigenvalue weighted by Gasteiger charge is 2.25. The van der Waals surface area contributed by atoms with Gasteiger partial charge in [0.1, 0.15) is 4.21 Å². The predicted molar refractivity (Wildman–Crippen MR) is 65.2 cm³/mol. The molecule has 0 atom stereocenters. The van der Waals surface area contributed by atoms with E-state index >= 15 is 0 Å². The molecular weight excluding hydrogens is 280 g/mol. The molecule has 0 fully saturated rings. The lowest BCUT2D eigenvalue weighted by atomic mass is 10.4. The van der Waals surface area contributed by atoms with Crippen molar-refractivity contribution >= 4 is 33.2 Å². The number of carbonyl (C=O) groups excluding carboxylic acids is 1. The van der Waals surface area contributed by atoms with Crippen LogP contribution in [0.5, 0.6) is 0 Å². The third-order valence-electron chi connectivity index (χ3n) is 2.13. The molecule has 0 aliphatic rings. The van der Waals surface area contributed by atoms with Gasteiger partial charge >= 0.3 is 5.97 Å². The summed E-state index contributed by atoms with van der Waals surface area (Å²) >= 11 is 0.806. The Morgan fingerprint density at radius 1 is 1.50 bits per heavy atom. The number of aromatic carboxylic acids is 1. The molecule has 1 heterocycles. The van der Waals surface area contributed by atoms with Crippen molar-refractivity contribution in [3.63, 3.8) is 0 Å². The number of thiophene rings is 1. The Kier molecular flexibility index (Phi) is 4.43. The van der Waals surface area contributed by atoms with Crippen molar-refractivity contribution in [2.24, 2.45) is 0 Å². The molecule has 0 spiro atoms. The fourth-order valence-electron chi connectivity index (χ4n) is 1.08. The lowest BCUT2D eigenvalue weighted by molar-refractivity contribution is -0.120. The van der Waals surface area contributed by atoms with Gasteiger partial charge in [0.15, 0.2) is 0 Å². The maximum absolute atomic E-state index is 12.0. The first-order valence-electron chi connectivity index (χ1n) is 4.77. The molecule has 1 aromatic heterocycles. The zero-order chi connectivity index (χ0) is 13.9. The van der Waals surface area contributed by atoms with Crippen molar-refractivity contribution < 1.29 is 23.1 Å². The Hall–Kier alpha value is -1.45. The minimum atomic E-state index is -3.83. The van der Waals surface area contributed by atoms with Crippen LogP contribution in [0.2, 0.25) is 0 Å². The monoisotopic (exact) mass is 292 g/mol. The summed E-state index contributed by atoms with van der Waals surface area (Å²) in [6.07, 6.45) is 0. The van der Waals surface area contributed by atoms with E-state index < -0.39 is 21.9 Å². The maximum Gasteiger partial charge on any atom is 0.336 e. The standard InChI is InChI=1S/C9H12N2O5S2/c1-10-7(12)4-11(2)18(15,16)8-3-6(5-17-8)9(13)14/h3,5H,4H2,1-2H3,(H,10,12)(H,13,14). The number of rotatable bonds is 5. The molecule has 2 N–H and O–H groups in total. The third-order valence-corrected chi connectivity index (χ3v) is 5.35. The summed E-state index contributed by atoms with van der Waals surface area (Å²) in [5, 5.41) is 12.3. The summed E-state index contributed by atoms with van der Waals surface area (Å²) in [6, 6.07) is 1.07.